The van der Waals surface area contributed by atoms with E-state index in [9.17, 15) is 0 Å². The van der Waals surface area contributed by atoms with Crippen molar-refractivity contribution in [1.29, 1.82) is 0 Å². The minimum absolute atomic E-state index is 0.777. The van der Waals surface area contributed by atoms with Crippen LogP contribution in [0.2, 0.25) is 13.1 Å². The van der Waals surface area contributed by atoms with Gasteiger partial charge in [0.05, 0.1) is 22.4 Å². The molecule has 0 N–H and O–H groups in total. The Morgan fingerprint density at radius 2 is 1.26 bits per heavy atom. The van der Waals surface area contributed by atoms with Crippen molar-refractivity contribution in [3.8, 4) is 39.6 Å². The molecule has 0 spiro atoms. The van der Waals surface area contributed by atoms with E-state index in [1.807, 2.05) is 17.4 Å². The van der Waals surface area contributed by atoms with Crippen LogP contribution < -0.4 is 10.4 Å². The van der Waals surface area contributed by atoms with E-state index in [0.29, 0.717) is 0 Å². The molecule has 4 heterocycles. The Kier molecular flexibility index (Phi) is 5.60. The summed E-state index contributed by atoms with van der Waals surface area (Å²) >= 11 is 1.90. The second kappa shape index (κ2) is 9.82. The summed E-state index contributed by atoms with van der Waals surface area (Å²) < 4.78 is 5.17. The Balaban J connectivity index is 1.23. The summed E-state index contributed by atoms with van der Waals surface area (Å²) in [6.45, 7) is 4.93. The van der Waals surface area contributed by atoms with Crippen molar-refractivity contribution in [3.63, 3.8) is 0 Å². The molecule has 0 unspecified atom stereocenters. The largest absolute Gasteiger partial charge is 0.309 e. The Hall–Kier alpha value is -5.36. The predicted molar refractivity (Wildman–Crippen MR) is 202 cm³/mol. The molecule has 3 nitrogen and oxygen atoms in total. The third-order valence-corrected chi connectivity index (χ3v) is 14.7. The van der Waals surface area contributed by atoms with Gasteiger partial charge >= 0.3 is 0 Å². The quantitative estimate of drug-likeness (QED) is 0.181. The highest BCUT2D eigenvalue weighted by atomic mass is 32.1. The highest BCUT2D eigenvalue weighted by Crippen LogP contribution is 2.43. The second-order valence-electron chi connectivity index (χ2n) is 13.0. The van der Waals surface area contributed by atoms with Gasteiger partial charge in [-0.05, 0) is 46.3 Å². The molecule has 3 aromatic heterocycles. The number of thiophene rings is 1. The van der Waals surface area contributed by atoms with Crippen LogP contribution in [-0.2, 0) is 0 Å². The third-order valence-electron chi connectivity index (χ3n) is 9.98. The standard InChI is InChI=1S/C42H29N3SSi/c1-47(2)36-25-28(45-33-19-11-9-18-31(33)37-34(45)24-23-30-29-17-10-12-20-35(29)46-40(30)37)21-22-32(36)39-41(47)38(26-13-5-3-6-14-26)43-42(44-39)27-15-7-4-8-16-27/h3-25H,1-2H3. The van der Waals surface area contributed by atoms with Crippen LogP contribution in [0.1, 0.15) is 0 Å². The van der Waals surface area contributed by atoms with E-state index in [-0.39, 0.29) is 0 Å². The normalized spacial score (nSPS) is 13.5. The van der Waals surface area contributed by atoms with Crippen LogP contribution in [0.25, 0.3) is 81.6 Å². The maximum Gasteiger partial charge on any atom is 0.160 e. The lowest BCUT2D eigenvalue weighted by Gasteiger charge is -2.22. The number of fused-ring (bicyclic) bond motifs is 10. The molecular weight excluding hydrogens is 607 g/mol. The fourth-order valence-corrected chi connectivity index (χ4v) is 12.3. The molecule has 0 atom stereocenters. The van der Waals surface area contributed by atoms with Crippen LogP contribution in [-0.4, -0.2) is 22.6 Å². The minimum atomic E-state index is -2.21. The Bertz CT molecular complexity index is 2710. The molecule has 0 bridgehead atoms. The van der Waals surface area contributed by atoms with Crippen LogP contribution >= 0.6 is 11.3 Å². The molecular formula is C42H29N3SSi. The van der Waals surface area contributed by atoms with Crippen LogP contribution in [0.3, 0.4) is 0 Å². The lowest BCUT2D eigenvalue weighted by molar-refractivity contribution is 1.18. The van der Waals surface area contributed by atoms with Gasteiger partial charge in [-0.15, -0.1) is 11.3 Å². The number of para-hydroxylation sites is 1. The predicted octanol–water partition coefficient (Wildman–Crippen LogP) is 10.1. The van der Waals surface area contributed by atoms with Gasteiger partial charge in [0.25, 0.3) is 0 Å². The highest BCUT2D eigenvalue weighted by molar-refractivity contribution is 7.26. The van der Waals surface area contributed by atoms with Crippen LogP contribution in [0.4, 0.5) is 0 Å². The Labute approximate surface area is 277 Å². The first-order chi connectivity index (χ1) is 23.1. The molecule has 0 amide bonds. The molecule has 47 heavy (non-hydrogen) atoms. The summed E-state index contributed by atoms with van der Waals surface area (Å²) in [6, 6.07) is 50.4. The molecule has 1 aliphatic rings. The van der Waals surface area contributed by atoms with Crippen molar-refractivity contribution in [3.05, 3.63) is 140 Å². The zero-order valence-electron chi connectivity index (χ0n) is 26.0. The van der Waals surface area contributed by atoms with Gasteiger partial charge in [-0.2, -0.15) is 0 Å². The van der Waals surface area contributed by atoms with Crippen molar-refractivity contribution in [2.24, 2.45) is 0 Å². The number of benzene rings is 6. The topological polar surface area (TPSA) is 30.7 Å². The first kappa shape index (κ1) is 26.8. The summed E-state index contributed by atoms with van der Waals surface area (Å²) in [7, 11) is -2.21. The summed E-state index contributed by atoms with van der Waals surface area (Å²) in [4.78, 5) is 10.6. The van der Waals surface area contributed by atoms with E-state index < -0.39 is 8.07 Å². The van der Waals surface area contributed by atoms with Crippen molar-refractivity contribution < 1.29 is 0 Å². The van der Waals surface area contributed by atoms with Gasteiger partial charge in [0, 0.05) is 47.8 Å². The third kappa shape index (κ3) is 3.78. The second-order valence-corrected chi connectivity index (χ2v) is 18.3. The molecule has 0 saturated carbocycles. The molecule has 222 valence electrons. The average Bonchev–Trinajstić information content (AvgIpc) is 3.74. The van der Waals surface area contributed by atoms with Gasteiger partial charge in [0.1, 0.15) is 8.07 Å². The van der Waals surface area contributed by atoms with E-state index in [4.69, 9.17) is 9.97 Å². The molecule has 10 rings (SSSR count). The molecule has 5 heteroatoms. The first-order valence-electron chi connectivity index (χ1n) is 16.1. The molecule has 1 aliphatic heterocycles. The SMILES string of the molecule is C[Si]1(C)c2cc(-n3c4ccccc4c4c5sc6ccccc6c5ccc43)ccc2-c2nc(-c3ccccc3)nc(-c3ccccc3)c21. The van der Waals surface area contributed by atoms with Crippen molar-refractivity contribution in [1.82, 2.24) is 14.5 Å². The Morgan fingerprint density at radius 1 is 0.574 bits per heavy atom. The summed E-state index contributed by atoms with van der Waals surface area (Å²) in [5.74, 6) is 0.777. The van der Waals surface area contributed by atoms with Crippen molar-refractivity contribution in [2.45, 2.75) is 13.1 Å². The number of nitrogens with zero attached hydrogens (tertiary/aromatic N) is 3. The molecule has 0 saturated heterocycles. The molecule has 9 aromatic rings. The smallest absolute Gasteiger partial charge is 0.160 e. The van der Waals surface area contributed by atoms with Gasteiger partial charge in [0.2, 0.25) is 0 Å². The fraction of sp³-hybridized carbons (Fsp3) is 0.0476. The minimum Gasteiger partial charge on any atom is -0.309 e. The van der Waals surface area contributed by atoms with E-state index >= 15 is 0 Å². The number of hydrogen-bond donors (Lipinski definition) is 0. The van der Waals surface area contributed by atoms with E-state index in [0.717, 1.165) is 28.3 Å². The van der Waals surface area contributed by atoms with Gasteiger partial charge in [-0.25, -0.2) is 9.97 Å². The van der Waals surface area contributed by atoms with Gasteiger partial charge in [0.15, 0.2) is 5.82 Å². The molecule has 0 fully saturated rings. The summed E-state index contributed by atoms with van der Waals surface area (Å²) in [5, 5.41) is 8.04. The number of hydrogen-bond acceptors (Lipinski definition) is 3. The summed E-state index contributed by atoms with van der Waals surface area (Å²) in [6.07, 6.45) is 0. The Morgan fingerprint density at radius 3 is 2.06 bits per heavy atom. The fourth-order valence-electron chi connectivity index (χ4n) is 7.81. The first-order valence-corrected chi connectivity index (χ1v) is 19.9. The van der Waals surface area contributed by atoms with Gasteiger partial charge < -0.3 is 4.57 Å². The van der Waals surface area contributed by atoms with Crippen LogP contribution in [0, 0.1) is 0 Å². The lowest BCUT2D eigenvalue weighted by atomic mass is 10.1. The zero-order chi connectivity index (χ0) is 31.3. The van der Waals surface area contributed by atoms with Crippen molar-refractivity contribution in [2.75, 3.05) is 0 Å². The maximum absolute atomic E-state index is 5.31. The molecule has 0 aliphatic carbocycles. The maximum atomic E-state index is 5.31. The lowest BCUT2D eigenvalue weighted by Crippen LogP contribution is -2.50. The summed E-state index contributed by atoms with van der Waals surface area (Å²) in [5.41, 5.74) is 9.25. The zero-order valence-corrected chi connectivity index (χ0v) is 27.8. The van der Waals surface area contributed by atoms with Crippen LogP contribution in [0.5, 0.6) is 0 Å². The molecule has 0 radical (unpaired) electrons. The molecule has 6 aromatic carbocycles. The van der Waals surface area contributed by atoms with Crippen LogP contribution in [0.15, 0.2) is 140 Å². The number of aromatic nitrogens is 3. The highest BCUT2D eigenvalue weighted by Gasteiger charge is 2.42. The van der Waals surface area contributed by atoms with Gasteiger partial charge in [-0.3, -0.25) is 0 Å². The average molecular weight is 636 g/mol. The monoisotopic (exact) mass is 635 g/mol. The van der Waals surface area contributed by atoms with Gasteiger partial charge in [-0.1, -0.05) is 122 Å². The van der Waals surface area contributed by atoms with E-state index in [1.165, 1.54) is 63.6 Å². The van der Waals surface area contributed by atoms with E-state index in [2.05, 4.69) is 151 Å². The van der Waals surface area contributed by atoms with E-state index in [1.54, 1.807) is 0 Å². The van der Waals surface area contributed by atoms with Crippen molar-refractivity contribution >= 4 is 71.8 Å². The number of rotatable bonds is 3.